The Labute approximate surface area is 126 Å². The van der Waals surface area contributed by atoms with Crippen molar-refractivity contribution in [2.45, 2.75) is 6.92 Å². The van der Waals surface area contributed by atoms with Crippen molar-refractivity contribution in [3.8, 4) is 5.75 Å². The fraction of sp³-hybridized carbons (Fsp3) is 0.133. The fourth-order valence-electron chi connectivity index (χ4n) is 1.89. The largest absolute Gasteiger partial charge is 0.495 e. The number of methoxy groups -OCH3 is 1. The number of nitrogen functional groups attached to an aromatic ring is 1. The SMILES string of the molecule is COc1ccc(NC(=O)c2ccc(Br)cc2C)cc1N. The Morgan fingerprint density at radius 3 is 2.60 bits per heavy atom. The van der Waals surface area contributed by atoms with Crippen molar-refractivity contribution < 1.29 is 9.53 Å². The minimum atomic E-state index is -0.167. The lowest BCUT2D eigenvalue weighted by Crippen LogP contribution is -2.13. The number of carbonyl (C=O) groups excluding carboxylic acids is 1. The van der Waals surface area contributed by atoms with Crippen LogP contribution in [0.5, 0.6) is 5.75 Å². The number of anilines is 2. The molecule has 0 saturated carbocycles. The van der Waals surface area contributed by atoms with Gasteiger partial charge in [0.1, 0.15) is 5.75 Å². The van der Waals surface area contributed by atoms with E-state index < -0.39 is 0 Å². The predicted octanol–water partition coefficient (Wildman–Crippen LogP) is 3.60. The van der Waals surface area contributed by atoms with E-state index in [1.165, 1.54) is 0 Å². The highest BCUT2D eigenvalue weighted by Gasteiger charge is 2.10. The maximum atomic E-state index is 12.2. The first-order chi connectivity index (χ1) is 9.51. The van der Waals surface area contributed by atoms with E-state index in [0.717, 1.165) is 10.0 Å². The van der Waals surface area contributed by atoms with Crippen LogP contribution in [0.4, 0.5) is 11.4 Å². The van der Waals surface area contributed by atoms with Gasteiger partial charge in [-0.05, 0) is 48.9 Å². The van der Waals surface area contributed by atoms with E-state index in [9.17, 15) is 4.79 Å². The summed E-state index contributed by atoms with van der Waals surface area (Å²) >= 11 is 3.38. The first kappa shape index (κ1) is 14.4. The molecule has 104 valence electrons. The van der Waals surface area contributed by atoms with Gasteiger partial charge in [0.2, 0.25) is 0 Å². The third-order valence-electron chi connectivity index (χ3n) is 2.92. The molecule has 0 radical (unpaired) electrons. The summed E-state index contributed by atoms with van der Waals surface area (Å²) in [6.45, 7) is 1.89. The molecule has 0 heterocycles. The molecule has 0 aliphatic carbocycles. The van der Waals surface area contributed by atoms with Gasteiger partial charge >= 0.3 is 0 Å². The molecule has 0 fully saturated rings. The number of halogens is 1. The van der Waals surface area contributed by atoms with Gasteiger partial charge < -0.3 is 15.8 Å². The number of carbonyl (C=O) groups is 1. The van der Waals surface area contributed by atoms with Gasteiger partial charge in [-0.2, -0.15) is 0 Å². The number of rotatable bonds is 3. The quantitative estimate of drug-likeness (QED) is 0.843. The lowest BCUT2D eigenvalue weighted by atomic mass is 10.1. The topological polar surface area (TPSA) is 64.3 Å². The zero-order valence-electron chi connectivity index (χ0n) is 11.2. The summed E-state index contributed by atoms with van der Waals surface area (Å²) in [6.07, 6.45) is 0. The monoisotopic (exact) mass is 334 g/mol. The molecule has 0 spiro atoms. The number of nitrogens with two attached hydrogens (primary N) is 1. The number of hydrogen-bond acceptors (Lipinski definition) is 3. The van der Waals surface area contributed by atoms with Crippen molar-refractivity contribution in [3.63, 3.8) is 0 Å². The molecule has 2 rings (SSSR count). The van der Waals surface area contributed by atoms with Crippen LogP contribution >= 0.6 is 15.9 Å². The van der Waals surface area contributed by atoms with Crippen molar-refractivity contribution >= 4 is 33.2 Å². The second-order valence-electron chi connectivity index (χ2n) is 4.37. The Balaban J connectivity index is 2.21. The summed E-state index contributed by atoms with van der Waals surface area (Å²) in [5.74, 6) is 0.419. The van der Waals surface area contributed by atoms with Crippen LogP contribution in [0, 0.1) is 6.92 Å². The van der Waals surface area contributed by atoms with Gasteiger partial charge in [-0.3, -0.25) is 4.79 Å². The minimum absolute atomic E-state index is 0.167. The molecular formula is C15H15BrN2O2. The predicted molar refractivity (Wildman–Crippen MR) is 84.2 cm³/mol. The number of ether oxygens (including phenoxy) is 1. The van der Waals surface area contributed by atoms with Gasteiger partial charge in [-0.15, -0.1) is 0 Å². The van der Waals surface area contributed by atoms with E-state index in [2.05, 4.69) is 21.2 Å². The third-order valence-corrected chi connectivity index (χ3v) is 3.41. The van der Waals surface area contributed by atoms with Crippen molar-refractivity contribution in [2.75, 3.05) is 18.2 Å². The number of amides is 1. The summed E-state index contributed by atoms with van der Waals surface area (Å²) in [5, 5.41) is 2.82. The molecule has 2 aromatic carbocycles. The van der Waals surface area contributed by atoms with Crippen LogP contribution in [0.2, 0.25) is 0 Å². The van der Waals surface area contributed by atoms with Gasteiger partial charge in [0.05, 0.1) is 12.8 Å². The molecule has 0 bridgehead atoms. The highest BCUT2D eigenvalue weighted by molar-refractivity contribution is 9.10. The smallest absolute Gasteiger partial charge is 0.255 e. The highest BCUT2D eigenvalue weighted by Crippen LogP contribution is 2.25. The lowest BCUT2D eigenvalue weighted by Gasteiger charge is -2.10. The number of hydrogen-bond donors (Lipinski definition) is 2. The van der Waals surface area contributed by atoms with E-state index in [1.807, 2.05) is 19.1 Å². The maximum Gasteiger partial charge on any atom is 0.255 e. The summed E-state index contributed by atoms with van der Waals surface area (Å²) in [5.41, 5.74) is 8.46. The fourth-order valence-corrected chi connectivity index (χ4v) is 2.37. The normalized spacial score (nSPS) is 10.2. The van der Waals surface area contributed by atoms with Gasteiger partial charge in [-0.25, -0.2) is 0 Å². The first-order valence-electron chi connectivity index (χ1n) is 6.02. The van der Waals surface area contributed by atoms with Gasteiger partial charge in [-0.1, -0.05) is 15.9 Å². The first-order valence-corrected chi connectivity index (χ1v) is 6.81. The Morgan fingerprint density at radius 1 is 1.25 bits per heavy atom. The highest BCUT2D eigenvalue weighted by atomic mass is 79.9. The molecule has 0 aliphatic rings. The standard InChI is InChI=1S/C15H15BrN2O2/c1-9-7-10(16)3-5-12(9)15(19)18-11-4-6-14(20-2)13(17)8-11/h3-8H,17H2,1-2H3,(H,18,19). The zero-order chi connectivity index (χ0) is 14.7. The maximum absolute atomic E-state index is 12.2. The van der Waals surface area contributed by atoms with Crippen LogP contribution in [0.15, 0.2) is 40.9 Å². The van der Waals surface area contributed by atoms with Crippen molar-refractivity contribution in [3.05, 3.63) is 52.0 Å². The van der Waals surface area contributed by atoms with Crippen molar-refractivity contribution in [1.29, 1.82) is 0 Å². The molecule has 4 nitrogen and oxygen atoms in total. The van der Waals surface area contributed by atoms with E-state index >= 15 is 0 Å². The van der Waals surface area contributed by atoms with E-state index in [-0.39, 0.29) is 5.91 Å². The Bertz CT molecular complexity index is 656. The van der Waals surface area contributed by atoms with Gasteiger partial charge in [0.25, 0.3) is 5.91 Å². The zero-order valence-corrected chi connectivity index (χ0v) is 12.8. The summed E-state index contributed by atoms with van der Waals surface area (Å²) in [4.78, 5) is 12.2. The van der Waals surface area contributed by atoms with Crippen LogP contribution in [-0.2, 0) is 0 Å². The molecule has 3 N–H and O–H groups in total. The molecule has 0 saturated heterocycles. The second kappa shape index (κ2) is 5.96. The Morgan fingerprint density at radius 2 is 2.00 bits per heavy atom. The molecular weight excluding hydrogens is 320 g/mol. The van der Waals surface area contributed by atoms with Crippen LogP contribution in [0.3, 0.4) is 0 Å². The molecule has 20 heavy (non-hydrogen) atoms. The van der Waals surface area contributed by atoms with E-state index in [4.69, 9.17) is 10.5 Å². The average molecular weight is 335 g/mol. The molecule has 1 amide bonds. The van der Waals surface area contributed by atoms with Crippen molar-refractivity contribution in [2.24, 2.45) is 0 Å². The molecule has 0 atom stereocenters. The Kier molecular flexibility index (Phi) is 4.29. The van der Waals surface area contributed by atoms with Crippen LogP contribution in [0.1, 0.15) is 15.9 Å². The van der Waals surface area contributed by atoms with E-state index in [1.54, 1.807) is 31.4 Å². The van der Waals surface area contributed by atoms with Crippen LogP contribution in [0.25, 0.3) is 0 Å². The number of nitrogens with one attached hydrogen (secondary N) is 1. The van der Waals surface area contributed by atoms with Crippen molar-refractivity contribution in [1.82, 2.24) is 0 Å². The second-order valence-corrected chi connectivity index (χ2v) is 5.29. The lowest BCUT2D eigenvalue weighted by molar-refractivity contribution is 0.102. The molecule has 2 aromatic rings. The van der Waals surface area contributed by atoms with Crippen LogP contribution in [-0.4, -0.2) is 13.0 Å². The average Bonchev–Trinajstić information content (AvgIpc) is 2.38. The summed E-state index contributed by atoms with van der Waals surface area (Å²) in [7, 11) is 1.55. The molecule has 0 unspecified atom stereocenters. The Hall–Kier alpha value is -2.01. The van der Waals surface area contributed by atoms with Crippen LogP contribution < -0.4 is 15.8 Å². The molecule has 0 aromatic heterocycles. The number of aryl methyl sites for hydroxylation is 1. The van der Waals surface area contributed by atoms with Gasteiger partial charge in [0, 0.05) is 15.7 Å². The number of benzene rings is 2. The summed E-state index contributed by atoms with van der Waals surface area (Å²) < 4.78 is 6.02. The minimum Gasteiger partial charge on any atom is -0.495 e. The molecule has 5 heteroatoms. The third kappa shape index (κ3) is 3.11. The van der Waals surface area contributed by atoms with E-state index in [0.29, 0.717) is 22.7 Å². The molecule has 0 aliphatic heterocycles. The summed E-state index contributed by atoms with van der Waals surface area (Å²) in [6, 6.07) is 10.7. The van der Waals surface area contributed by atoms with Gasteiger partial charge in [0.15, 0.2) is 0 Å².